The van der Waals surface area contributed by atoms with Crippen molar-refractivity contribution >= 4 is 91.3 Å². The first-order valence-corrected chi connectivity index (χ1v) is 48.2. The predicted molar refractivity (Wildman–Crippen MR) is 574 cm³/mol. The van der Waals surface area contributed by atoms with E-state index in [2.05, 4.69) is 548 Å². The molecule has 135 heavy (non-hydrogen) atoms. The van der Waals surface area contributed by atoms with E-state index >= 15 is 0 Å². The maximum absolute atomic E-state index is 2.69. The summed E-state index contributed by atoms with van der Waals surface area (Å²) in [6, 6.07) is 164. The quantitative estimate of drug-likeness (QED) is 0.0949. The molecule has 4 nitrogen and oxygen atoms in total. The summed E-state index contributed by atoms with van der Waals surface area (Å²) in [4.78, 5) is 10.4. The Morgan fingerprint density at radius 2 is 0.452 bits per heavy atom. The van der Waals surface area contributed by atoms with Gasteiger partial charge in [-0.15, -0.1) is 0 Å². The molecule has 0 N–H and O–H groups in total. The highest BCUT2D eigenvalue weighted by molar-refractivity contribution is 7.00. The van der Waals surface area contributed by atoms with Gasteiger partial charge in [-0.1, -0.05) is 419 Å². The van der Waals surface area contributed by atoms with Gasteiger partial charge in [0.1, 0.15) is 0 Å². The second-order valence-corrected chi connectivity index (χ2v) is 42.8. The van der Waals surface area contributed by atoms with Crippen molar-refractivity contribution in [3.63, 3.8) is 0 Å². The molecular formula is C130H115BN4. The molecule has 0 saturated heterocycles. The number of benzene rings is 18. The Morgan fingerprint density at radius 3 is 0.763 bits per heavy atom. The van der Waals surface area contributed by atoms with Crippen LogP contribution in [0.1, 0.15) is 176 Å². The van der Waals surface area contributed by atoms with E-state index in [1.54, 1.807) is 0 Å². The summed E-state index contributed by atoms with van der Waals surface area (Å²) in [6.07, 6.45) is 0. The molecule has 0 spiro atoms. The van der Waals surface area contributed by atoms with E-state index < -0.39 is 10.8 Å². The molecule has 0 fully saturated rings. The maximum Gasteiger partial charge on any atom is 0.252 e. The number of anilines is 12. The van der Waals surface area contributed by atoms with Crippen LogP contribution < -0.4 is 36.0 Å². The Hall–Kier alpha value is -14.8. The van der Waals surface area contributed by atoms with E-state index in [1.807, 2.05) is 0 Å². The topological polar surface area (TPSA) is 13.0 Å². The fourth-order valence-corrected chi connectivity index (χ4v) is 22.5. The van der Waals surface area contributed by atoms with Gasteiger partial charge in [-0.25, -0.2) is 0 Å². The van der Waals surface area contributed by atoms with Gasteiger partial charge in [0.25, 0.3) is 6.71 Å². The first-order chi connectivity index (χ1) is 65.1. The summed E-state index contributed by atoms with van der Waals surface area (Å²) in [5, 5.41) is 0. The largest absolute Gasteiger partial charge is 0.311 e. The normalized spacial score (nSPS) is 13.8. The molecule has 18 aromatic rings. The lowest BCUT2D eigenvalue weighted by atomic mass is 9.33. The van der Waals surface area contributed by atoms with E-state index in [4.69, 9.17) is 0 Å². The molecular weight excluding hydrogens is 1630 g/mol. The van der Waals surface area contributed by atoms with E-state index in [0.29, 0.717) is 0 Å². The summed E-state index contributed by atoms with van der Waals surface area (Å²) in [7, 11) is 0. The highest BCUT2D eigenvalue weighted by Crippen LogP contribution is 2.61. The molecule has 0 atom stereocenters. The molecule has 2 heterocycles. The standard InChI is InChI=1S/C130H115BN4/c1-124(2,3)90-56-52-86(53-57-90)89-82-121-123-122(83-89)135(118-51-35-31-45-106(118)88-55-77-114-110(81-88)108-47-29-33-49-112(108)130(114,97-40-24-18-25-41-97)98-42-26-19-27-43-98)120-85-104(133(101-70-62-93(63-71-101)127(10,11)12)102-72-64-94(65-73-102)128(13,14)15)75-79-116(120)131(123)115-78-74-103(132(99-66-58-91(59-67-99)125(4,5)6)100-68-60-92(61-69-100)126(7,8)9)84-119(115)134(121)117-50-34-30-44-105(117)87-54-76-113-109(80-87)107-46-28-32-48-111(107)129(113,95-36-20-16-21-37-95)96-38-22-17-23-39-96/h16-85H,1-15H3. The number of fused-ring (bicyclic) bond motifs is 10. The summed E-state index contributed by atoms with van der Waals surface area (Å²) < 4.78 is 0. The van der Waals surface area contributed by atoms with Crippen LogP contribution in [0, 0.1) is 0 Å². The summed E-state index contributed by atoms with van der Waals surface area (Å²) in [5.41, 5.74) is 43.0. The average Bonchev–Trinajstić information content (AvgIpc) is 1.23. The van der Waals surface area contributed by atoms with Crippen LogP contribution in [-0.2, 0) is 37.9 Å². The number of hydrogen-bond acceptors (Lipinski definition) is 4. The Labute approximate surface area is 799 Å². The molecule has 658 valence electrons. The first-order valence-electron chi connectivity index (χ1n) is 48.2. The van der Waals surface area contributed by atoms with Gasteiger partial charge in [0.2, 0.25) is 0 Å². The lowest BCUT2D eigenvalue weighted by Gasteiger charge is -2.45. The Balaban J connectivity index is 0.843. The predicted octanol–water partition coefficient (Wildman–Crippen LogP) is 32.9. The van der Waals surface area contributed by atoms with Crippen molar-refractivity contribution in [3.05, 3.63) is 497 Å². The fourth-order valence-electron chi connectivity index (χ4n) is 22.5. The van der Waals surface area contributed by atoms with Crippen LogP contribution in [0.5, 0.6) is 0 Å². The third kappa shape index (κ3) is 14.4. The molecule has 0 saturated carbocycles. The van der Waals surface area contributed by atoms with E-state index in [0.717, 1.165) is 102 Å². The fraction of sp³-hybridized carbons (Fsp3) is 0.169. The molecule has 2 aliphatic carbocycles. The van der Waals surface area contributed by atoms with Gasteiger partial charge in [-0.2, -0.15) is 0 Å². The van der Waals surface area contributed by atoms with Crippen molar-refractivity contribution in [2.24, 2.45) is 0 Å². The second-order valence-electron chi connectivity index (χ2n) is 42.8. The lowest BCUT2D eigenvalue weighted by molar-refractivity contribution is 0.590. The van der Waals surface area contributed by atoms with Gasteiger partial charge in [0, 0.05) is 68.0 Å². The molecule has 0 amide bonds. The summed E-state index contributed by atoms with van der Waals surface area (Å²) in [5.74, 6) is 0. The van der Waals surface area contributed by atoms with Crippen LogP contribution in [0.2, 0.25) is 0 Å². The molecule has 5 heteroatoms. The number of hydrogen-bond donors (Lipinski definition) is 0. The van der Waals surface area contributed by atoms with Crippen molar-refractivity contribution in [1.82, 2.24) is 0 Å². The highest BCUT2D eigenvalue weighted by Gasteiger charge is 2.50. The van der Waals surface area contributed by atoms with Crippen molar-refractivity contribution < 1.29 is 0 Å². The number of nitrogens with zero attached hydrogens (tertiary/aromatic N) is 4. The maximum atomic E-state index is 2.69. The molecule has 22 rings (SSSR count). The van der Waals surface area contributed by atoms with Crippen molar-refractivity contribution in [3.8, 4) is 55.6 Å². The Morgan fingerprint density at radius 1 is 0.193 bits per heavy atom. The van der Waals surface area contributed by atoms with E-state index in [-0.39, 0.29) is 33.8 Å². The van der Waals surface area contributed by atoms with Gasteiger partial charge in [0.15, 0.2) is 0 Å². The van der Waals surface area contributed by atoms with Crippen molar-refractivity contribution in [1.29, 1.82) is 0 Å². The molecule has 2 aliphatic heterocycles. The van der Waals surface area contributed by atoms with Crippen molar-refractivity contribution in [2.45, 2.75) is 142 Å². The lowest BCUT2D eigenvalue weighted by Crippen LogP contribution is -2.61. The monoisotopic (exact) mass is 1740 g/mol. The zero-order valence-corrected chi connectivity index (χ0v) is 80.3. The second kappa shape index (κ2) is 32.6. The Bertz CT molecular complexity index is 6960. The molecule has 18 aromatic carbocycles. The minimum Gasteiger partial charge on any atom is -0.311 e. The minimum atomic E-state index is -0.585. The molecule has 4 aliphatic rings. The highest BCUT2D eigenvalue weighted by atomic mass is 15.2. The summed E-state index contributed by atoms with van der Waals surface area (Å²) >= 11 is 0. The number of para-hydroxylation sites is 2. The third-order valence-corrected chi connectivity index (χ3v) is 29.4. The number of rotatable bonds is 15. The molecule has 0 aromatic heterocycles. The molecule has 0 radical (unpaired) electrons. The summed E-state index contributed by atoms with van der Waals surface area (Å²) in [6.45, 7) is 34.4. The van der Waals surface area contributed by atoms with Gasteiger partial charge in [-0.3, -0.25) is 0 Å². The Kier molecular flexibility index (Phi) is 20.7. The third-order valence-electron chi connectivity index (χ3n) is 29.4. The van der Waals surface area contributed by atoms with Crippen LogP contribution in [0.15, 0.2) is 425 Å². The van der Waals surface area contributed by atoms with Crippen LogP contribution in [0.25, 0.3) is 55.6 Å². The first kappa shape index (κ1) is 85.7. The minimum absolute atomic E-state index is 0.0669. The van der Waals surface area contributed by atoms with Crippen LogP contribution in [-0.4, -0.2) is 6.71 Å². The van der Waals surface area contributed by atoms with Crippen LogP contribution in [0.3, 0.4) is 0 Å². The molecule has 0 bridgehead atoms. The molecule has 0 unspecified atom stereocenters. The van der Waals surface area contributed by atoms with Crippen LogP contribution in [0.4, 0.5) is 68.2 Å². The SMILES string of the molecule is CC(C)(C)c1ccc(-c2cc3c4c(c2)N(c2ccccc2-c2ccc5c(c2)-c2ccccc2C5(c2ccccc2)c2ccccc2)c2cc(N(c5ccc(C(C)(C)C)cc5)c5ccc(C(C)(C)C)cc5)ccc2B4c2ccc(N(c4ccc(C(C)(C)C)cc4)c4ccc(C(C)(C)C)cc4)cc2N3c2ccccc2-c2ccc3c(c2)-c2ccccc2C3(c2ccccc2)c2ccccc2)cc1. The van der Waals surface area contributed by atoms with Crippen molar-refractivity contribution in [2.75, 3.05) is 19.6 Å². The van der Waals surface area contributed by atoms with Gasteiger partial charge >= 0.3 is 0 Å². The van der Waals surface area contributed by atoms with E-state index in [9.17, 15) is 0 Å². The van der Waals surface area contributed by atoms with Crippen LogP contribution >= 0.6 is 0 Å². The smallest absolute Gasteiger partial charge is 0.252 e. The van der Waals surface area contributed by atoms with E-state index in [1.165, 1.54) is 111 Å². The van der Waals surface area contributed by atoms with Gasteiger partial charge in [-0.05, 0) is 269 Å². The van der Waals surface area contributed by atoms with Gasteiger partial charge in [0.05, 0.1) is 22.2 Å². The zero-order valence-electron chi connectivity index (χ0n) is 80.3. The average molecular weight is 1740 g/mol. The van der Waals surface area contributed by atoms with Gasteiger partial charge < -0.3 is 19.6 Å². The zero-order chi connectivity index (χ0) is 92.8.